The second-order valence-corrected chi connectivity index (χ2v) is 5.05. The molecule has 2 unspecified atom stereocenters. The first kappa shape index (κ1) is 10.3. The van der Waals surface area contributed by atoms with Crippen LogP contribution < -0.4 is 5.32 Å². The lowest BCUT2D eigenvalue weighted by Gasteiger charge is -2.27. The molecular formula is C13H15ClN2. The van der Waals surface area contributed by atoms with Gasteiger partial charge >= 0.3 is 0 Å². The molecule has 1 aromatic heterocycles. The first-order valence-electron chi connectivity index (χ1n) is 5.89. The van der Waals surface area contributed by atoms with Crippen LogP contribution in [0.2, 0.25) is 5.02 Å². The lowest BCUT2D eigenvalue weighted by Crippen LogP contribution is -2.30. The Bertz CT molecular complexity index is 428. The molecule has 2 nitrogen and oxygen atoms in total. The first-order chi connectivity index (χ1) is 7.84. The van der Waals surface area contributed by atoms with Crippen LogP contribution in [0.15, 0.2) is 24.5 Å². The Morgan fingerprint density at radius 1 is 1.31 bits per heavy atom. The van der Waals surface area contributed by atoms with Crippen LogP contribution in [0.3, 0.4) is 0 Å². The molecule has 3 heteroatoms. The van der Waals surface area contributed by atoms with Gasteiger partial charge < -0.3 is 5.32 Å². The molecule has 2 atom stereocenters. The van der Waals surface area contributed by atoms with Crippen LogP contribution in [0.4, 0.5) is 0 Å². The highest BCUT2D eigenvalue weighted by atomic mass is 35.5. The number of rotatable bonds is 1. The normalized spacial score (nSPS) is 28.7. The van der Waals surface area contributed by atoms with E-state index in [1.54, 1.807) is 6.20 Å². The molecule has 1 aromatic rings. The zero-order chi connectivity index (χ0) is 11.0. The van der Waals surface area contributed by atoms with Gasteiger partial charge in [-0.25, -0.2) is 0 Å². The van der Waals surface area contributed by atoms with Crippen LogP contribution in [0.5, 0.6) is 0 Å². The average Bonchev–Trinajstić information content (AvgIpc) is 2.76. The molecule has 0 saturated carbocycles. The fourth-order valence-electron chi connectivity index (χ4n) is 2.88. The molecule has 0 aromatic carbocycles. The van der Waals surface area contributed by atoms with Crippen molar-refractivity contribution < 1.29 is 0 Å². The van der Waals surface area contributed by atoms with Gasteiger partial charge in [-0.15, -0.1) is 0 Å². The summed E-state index contributed by atoms with van der Waals surface area (Å²) in [4.78, 5) is 4.17. The molecule has 0 amide bonds. The molecule has 3 rings (SSSR count). The molecule has 0 bridgehead atoms. The number of nitrogens with one attached hydrogen (secondary N) is 1. The van der Waals surface area contributed by atoms with Crippen molar-refractivity contribution in [2.75, 3.05) is 6.54 Å². The van der Waals surface area contributed by atoms with E-state index >= 15 is 0 Å². The fourth-order valence-corrected chi connectivity index (χ4v) is 3.05. The van der Waals surface area contributed by atoms with E-state index in [1.807, 2.05) is 12.3 Å². The van der Waals surface area contributed by atoms with Gasteiger partial charge in [-0.05, 0) is 48.9 Å². The fraction of sp³-hybridized carbons (Fsp3) is 0.462. The van der Waals surface area contributed by atoms with Crippen molar-refractivity contribution in [3.63, 3.8) is 0 Å². The highest BCUT2D eigenvalue weighted by Crippen LogP contribution is 2.36. The predicted octanol–water partition coefficient (Wildman–Crippen LogP) is 2.89. The number of nitrogens with zero attached hydrogens (tertiary/aromatic N) is 1. The van der Waals surface area contributed by atoms with E-state index in [1.165, 1.54) is 30.4 Å². The quantitative estimate of drug-likeness (QED) is 0.808. The van der Waals surface area contributed by atoms with Crippen molar-refractivity contribution >= 4 is 17.2 Å². The number of hydrogen-bond donors (Lipinski definition) is 1. The summed E-state index contributed by atoms with van der Waals surface area (Å²) in [6.07, 6.45) is 9.75. The van der Waals surface area contributed by atoms with Crippen LogP contribution >= 0.6 is 11.6 Å². The molecule has 1 aliphatic heterocycles. The number of fused-ring (bicyclic) bond motifs is 1. The summed E-state index contributed by atoms with van der Waals surface area (Å²) in [7, 11) is 0. The Kier molecular flexibility index (Phi) is 2.70. The zero-order valence-corrected chi connectivity index (χ0v) is 9.87. The summed E-state index contributed by atoms with van der Waals surface area (Å²) in [5.74, 6) is 0.805. The summed E-state index contributed by atoms with van der Waals surface area (Å²) >= 11 is 6.00. The maximum Gasteiger partial charge on any atom is 0.0595 e. The third kappa shape index (κ3) is 1.76. The summed E-state index contributed by atoms with van der Waals surface area (Å²) in [5.41, 5.74) is 2.57. The van der Waals surface area contributed by atoms with Crippen LogP contribution in [0.1, 0.15) is 24.8 Å². The number of hydrogen-bond acceptors (Lipinski definition) is 2. The van der Waals surface area contributed by atoms with E-state index in [2.05, 4.69) is 16.4 Å². The van der Waals surface area contributed by atoms with E-state index in [-0.39, 0.29) is 0 Å². The number of aromatic nitrogens is 1. The topological polar surface area (TPSA) is 24.9 Å². The van der Waals surface area contributed by atoms with Crippen LogP contribution in [-0.2, 0) is 0 Å². The monoisotopic (exact) mass is 234 g/mol. The van der Waals surface area contributed by atoms with Gasteiger partial charge in [-0.1, -0.05) is 17.7 Å². The van der Waals surface area contributed by atoms with E-state index in [0.717, 1.165) is 17.5 Å². The SMILES string of the molecule is Clc1cncc(C2=CCCC3CCNC23)c1. The maximum absolute atomic E-state index is 6.00. The molecule has 2 aliphatic rings. The van der Waals surface area contributed by atoms with Crippen molar-refractivity contribution in [3.05, 3.63) is 35.1 Å². The van der Waals surface area contributed by atoms with E-state index in [9.17, 15) is 0 Å². The van der Waals surface area contributed by atoms with Gasteiger partial charge in [0.2, 0.25) is 0 Å². The number of pyridine rings is 1. The molecule has 0 spiro atoms. The molecule has 84 valence electrons. The highest BCUT2D eigenvalue weighted by Gasteiger charge is 2.32. The average molecular weight is 235 g/mol. The lowest BCUT2D eigenvalue weighted by molar-refractivity contribution is 0.470. The Morgan fingerprint density at radius 2 is 2.25 bits per heavy atom. The predicted molar refractivity (Wildman–Crippen MR) is 66.4 cm³/mol. The third-order valence-electron chi connectivity index (χ3n) is 3.63. The van der Waals surface area contributed by atoms with E-state index < -0.39 is 0 Å². The van der Waals surface area contributed by atoms with Gasteiger partial charge in [0.1, 0.15) is 0 Å². The second kappa shape index (κ2) is 4.19. The van der Waals surface area contributed by atoms with Crippen molar-refractivity contribution in [1.29, 1.82) is 0 Å². The highest BCUT2D eigenvalue weighted by molar-refractivity contribution is 6.30. The molecule has 1 fully saturated rings. The van der Waals surface area contributed by atoms with Gasteiger partial charge in [0.05, 0.1) is 5.02 Å². The van der Waals surface area contributed by atoms with Crippen molar-refractivity contribution in [1.82, 2.24) is 10.3 Å². The summed E-state index contributed by atoms with van der Waals surface area (Å²) in [6.45, 7) is 1.14. The van der Waals surface area contributed by atoms with Crippen molar-refractivity contribution in [3.8, 4) is 0 Å². The minimum atomic E-state index is 0.522. The smallest absolute Gasteiger partial charge is 0.0595 e. The Hall–Kier alpha value is -0.860. The molecule has 1 saturated heterocycles. The molecular weight excluding hydrogens is 220 g/mol. The minimum absolute atomic E-state index is 0.522. The van der Waals surface area contributed by atoms with Gasteiger partial charge in [0.25, 0.3) is 0 Å². The van der Waals surface area contributed by atoms with Gasteiger partial charge in [0.15, 0.2) is 0 Å². The molecule has 1 N–H and O–H groups in total. The first-order valence-corrected chi connectivity index (χ1v) is 6.27. The maximum atomic E-state index is 6.00. The van der Waals surface area contributed by atoms with E-state index in [4.69, 9.17) is 11.6 Å². The van der Waals surface area contributed by atoms with Crippen LogP contribution in [0.25, 0.3) is 5.57 Å². The number of halogens is 1. The van der Waals surface area contributed by atoms with Crippen molar-refractivity contribution in [2.24, 2.45) is 5.92 Å². The summed E-state index contributed by atoms with van der Waals surface area (Å²) in [6, 6.07) is 2.54. The van der Waals surface area contributed by atoms with Crippen LogP contribution in [0, 0.1) is 5.92 Å². The van der Waals surface area contributed by atoms with E-state index in [0.29, 0.717) is 6.04 Å². The van der Waals surface area contributed by atoms with Gasteiger partial charge in [-0.2, -0.15) is 0 Å². The molecule has 1 aliphatic carbocycles. The molecule has 0 radical (unpaired) electrons. The molecule has 2 heterocycles. The second-order valence-electron chi connectivity index (χ2n) is 4.61. The Morgan fingerprint density at radius 3 is 3.12 bits per heavy atom. The minimum Gasteiger partial charge on any atom is -0.310 e. The van der Waals surface area contributed by atoms with Gasteiger partial charge in [-0.3, -0.25) is 4.98 Å². The third-order valence-corrected chi connectivity index (χ3v) is 3.83. The van der Waals surface area contributed by atoms with Gasteiger partial charge in [0, 0.05) is 18.4 Å². The summed E-state index contributed by atoms with van der Waals surface area (Å²) in [5, 5.41) is 4.31. The largest absolute Gasteiger partial charge is 0.310 e. The Labute approximate surface area is 101 Å². The number of allylic oxidation sites excluding steroid dienone is 1. The zero-order valence-electron chi connectivity index (χ0n) is 9.12. The summed E-state index contributed by atoms with van der Waals surface area (Å²) < 4.78 is 0. The lowest BCUT2D eigenvalue weighted by atomic mass is 9.82. The standard InChI is InChI=1S/C13H15ClN2/c14-11-6-10(7-15-8-11)12-3-1-2-9-4-5-16-13(9)12/h3,6-9,13,16H,1-2,4-5H2. The van der Waals surface area contributed by atoms with Crippen molar-refractivity contribution in [2.45, 2.75) is 25.3 Å². The van der Waals surface area contributed by atoms with Crippen LogP contribution in [-0.4, -0.2) is 17.6 Å². The molecule has 16 heavy (non-hydrogen) atoms. The Balaban J connectivity index is 1.96.